The maximum Gasteiger partial charge on any atom is 0.257 e. The Balaban J connectivity index is 1.96. The van der Waals surface area contributed by atoms with Gasteiger partial charge in [0.2, 0.25) is 0 Å². The number of benzene rings is 1. The summed E-state index contributed by atoms with van der Waals surface area (Å²) in [6.07, 6.45) is 3.43. The summed E-state index contributed by atoms with van der Waals surface area (Å²) in [4.78, 5) is 0. The predicted molar refractivity (Wildman–Crippen MR) is 74.8 cm³/mol. The molecular formula is C16H15N3O. The third kappa shape index (κ3) is 2.12. The van der Waals surface area contributed by atoms with Crippen molar-refractivity contribution >= 4 is 0 Å². The van der Waals surface area contributed by atoms with Gasteiger partial charge < -0.3 is 4.74 Å². The molecule has 0 spiro atoms. The van der Waals surface area contributed by atoms with Crippen LogP contribution in [0.4, 0.5) is 0 Å². The molecule has 0 aliphatic heterocycles. The molecule has 20 heavy (non-hydrogen) atoms. The van der Waals surface area contributed by atoms with Gasteiger partial charge in [0, 0.05) is 0 Å². The molecule has 0 radical (unpaired) electrons. The van der Waals surface area contributed by atoms with Crippen LogP contribution in [0.2, 0.25) is 0 Å². The third-order valence-electron chi connectivity index (χ3n) is 3.82. The van der Waals surface area contributed by atoms with Crippen molar-refractivity contribution in [3.63, 3.8) is 0 Å². The number of hydrogen-bond donors (Lipinski definition) is 0. The normalized spacial score (nSPS) is 12.8. The van der Waals surface area contributed by atoms with Crippen LogP contribution in [0.1, 0.15) is 34.4 Å². The lowest BCUT2D eigenvalue weighted by Crippen LogP contribution is -2.00. The van der Waals surface area contributed by atoms with Crippen molar-refractivity contribution in [3.8, 4) is 17.7 Å². The number of ether oxygens (including phenoxy) is 1. The zero-order chi connectivity index (χ0) is 14.1. The van der Waals surface area contributed by atoms with Crippen molar-refractivity contribution in [2.75, 3.05) is 0 Å². The van der Waals surface area contributed by atoms with Crippen LogP contribution < -0.4 is 4.74 Å². The summed E-state index contributed by atoms with van der Waals surface area (Å²) in [5.41, 5.74) is 4.75. The van der Waals surface area contributed by atoms with Crippen molar-refractivity contribution < 1.29 is 4.74 Å². The van der Waals surface area contributed by atoms with Gasteiger partial charge in [0.05, 0.1) is 5.69 Å². The molecule has 0 amide bonds. The zero-order valence-electron chi connectivity index (χ0n) is 11.6. The van der Waals surface area contributed by atoms with Crippen LogP contribution in [0.3, 0.4) is 0 Å². The molecule has 1 aromatic heterocycles. The minimum Gasteiger partial charge on any atom is -0.437 e. The van der Waals surface area contributed by atoms with Crippen LogP contribution in [0.5, 0.6) is 11.6 Å². The van der Waals surface area contributed by atoms with Crippen LogP contribution >= 0.6 is 0 Å². The van der Waals surface area contributed by atoms with Gasteiger partial charge in [-0.1, -0.05) is 6.07 Å². The highest BCUT2D eigenvalue weighted by molar-refractivity contribution is 5.47. The Morgan fingerprint density at radius 2 is 1.95 bits per heavy atom. The Bertz CT molecular complexity index is 716. The second kappa shape index (κ2) is 4.93. The molecule has 2 aromatic rings. The summed E-state index contributed by atoms with van der Waals surface area (Å²) >= 11 is 0. The molecule has 0 saturated heterocycles. The molecule has 0 bridgehead atoms. The number of nitrogens with zero attached hydrogens (tertiary/aromatic N) is 3. The van der Waals surface area contributed by atoms with Crippen molar-refractivity contribution in [1.82, 2.24) is 10.2 Å². The number of aromatic nitrogens is 2. The Morgan fingerprint density at radius 1 is 1.15 bits per heavy atom. The van der Waals surface area contributed by atoms with E-state index in [-0.39, 0.29) is 5.88 Å². The van der Waals surface area contributed by atoms with Gasteiger partial charge >= 0.3 is 0 Å². The Labute approximate surface area is 118 Å². The van der Waals surface area contributed by atoms with E-state index in [4.69, 9.17) is 4.74 Å². The zero-order valence-corrected chi connectivity index (χ0v) is 11.6. The average molecular weight is 265 g/mol. The SMILES string of the molecule is Cc1nnc(Oc2ccc3c(c2)CCC3)c(C#N)c1C. The van der Waals surface area contributed by atoms with Crippen LogP contribution in [0.25, 0.3) is 0 Å². The van der Waals surface area contributed by atoms with Gasteiger partial charge in [0.25, 0.3) is 5.88 Å². The van der Waals surface area contributed by atoms with E-state index in [9.17, 15) is 5.26 Å². The summed E-state index contributed by atoms with van der Waals surface area (Å²) in [6, 6.07) is 8.22. The number of aryl methyl sites for hydroxylation is 3. The van der Waals surface area contributed by atoms with Crippen molar-refractivity contribution in [2.24, 2.45) is 0 Å². The van der Waals surface area contributed by atoms with E-state index in [0.717, 1.165) is 29.8 Å². The fraction of sp³-hybridized carbons (Fsp3) is 0.312. The standard InChI is InChI=1S/C16H15N3O/c1-10-11(2)18-19-16(15(10)9-17)20-14-7-6-12-4-3-5-13(12)8-14/h6-8H,3-5H2,1-2H3. The van der Waals surface area contributed by atoms with Crippen LogP contribution in [-0.2, 0) is 12.8 Å². The van der Waals surface area contributed by atoms with Crippen LogP contribution in [0.15, 0.2) is 18.2 Å². The second-order valence-corrected chi connectivity index (χ2v) is 5.09. The first kappa shape index (κ1) is 12.6. The van der Waals surface area contributed by atoms with E-state index >= 15 is 0 Å². The average Bonchev–Trinajstić information content (AvgIpc) is 2.91. The third-order valence-corrected chi connectivity index (χ3v) is 3.82. The van der Waals surface area contributed by atoms with Gasteiger partial charge in [-0.25, -0.2) is 0 Å². The molecule has 1 heterocycles. The van der Waals surface area contributed by atoms with Crippen molar-refractivity contribution in [1.29, 1.82) is 5.26 Å². The monoisotopic (exact) mass is 265 g/mol. The second-order valence-electron chi connectivity index (χ2n) is 5.09. The molecule has 1 aliphatic carbocycles. The largest absolute Gasteiger partial charge is 0.437 e. The van der Waals surface area contributed by atoms with E-state index in [1.165, 1.54) is 17.5 Å². The first-order chi connectivity index (χ1) is 9.69. The highest BCUT2D eigenvalue weighted by Gasteiger charge is 2.15. The van der Waals surface area contributed by atoms with Gasteiger partial charge in [-0.05, 0) is 61.9 Å². The molecule has 0 atom stereocenters. The molecule has 0 N–H and O–H groups in total. The predicted octanol–water partition coefficient (Wildman–Crippen LogP) is 3.25. The molecule has 0 fully saturated rings. The lowest BCUT2D eigenvalue weighted by atomic mass is 10.1. The molecule has 4 heteroatoms. The topological polar surface area (TPSA) is 58.8 Å². The molecule has 1 aromatic carbocycles. The van der Waals surface area contributed by atoms with Gasteiger partial charge in [0.15, 0.2) is 0 Å². The minimum atomic E-state index is 0.286. The lowest BCUT2D eigenvalue weighted by Gasteiger charge is -2.09. The molecule has 3 rings (SSSR count). The summed E-state index contributed by atoms with van der Waals surface area (Å²) in [6.45, 7) is 3.69. The molecule has 1 aliphatic rings. The number of nitriles is 1. The number of fused-ring (bicyclic) bond motifs is 1. The number of rotatable bonds is 2. The minimum absolute atomic E-state index is 0.286. The number of hydrogen-bond acceptors (Lipinski definition) is 4. The molecule has 0 unspecified atom stereocenters. The highest BCUT2D eigenvalue weighted by Crippen LogP contribution is 2.30. The Morgan fingerprint density at radius 3 is 2.75 bits per heavy atom. The highest BCUT2D eigenvalue weighted by atomic mass is 16.5. The summed E-state index contributed by atoms with van der Waals surface area (Å²) in [5.74, 6) is 1.01. The van der Waals surface area contributed by atoms with Gasteiger partial charge in [0.1, 0.15) is 17.4 Å². The Hall–Kier alpha value is -2.41. The fourth-order valence-corrected chi connectivity index (χ4v) is 2.51. The van der Waals surface area contributed by atoms with Crippen molar-refractivity contribution in [2.45, 2.75) is 33.1 Å². The van der Waals surface area contributed by atoms with E-state index in [1.54, 1.807) is 0 Å². The van der Waals surface area contributed by atoms with Gasteiger partial charge in [-0.3, -0.25) is 0 Å². The van der Waals surface area contributed by atoms with E-state index in [1.807, 2.05) is 26.0 Å². The summed E-state index contributed by atoms with van der Waals surface area (Å²) in [7, 11) is 0. The van der Waals surface area contributed by atoms with Crippen molar-refractivity contribution in [3.05, 3.63) is 46.1 Å². The molecule has 4 nitrogen and oxygen atoms in total. The van der Waals surface area contributed by atoms with E-state index in [2.05, 4.69) is 22.3 Å². The quantitative estimate of drug-likeness (QED) is 0.836. The maximum atomic E-state index is 9.26. The maximum absolute atomic E-state index is 9.26. The smallest absolute Gasteiger partial charge is 0.257 e. The lowest BCUT2D eigenvalue weighted by molar-refractivity contribution is 0.451. The Kier molecular flexibility index (Phi) is 3.11. The van der Waals surface area contributed by atoms with Crippen LogP contribution in [0, 0.1) is 25.2 Å². The molecule has 100 valence electrons. The van der Waals surface area contributed by atoms with Gasteiger partial charge in [-0.15, -0.1) is 5.10 Å². The molecular weight excluding hydrogens is 250 g/mol. The summed E-state index contributed by atoms with van der Waals surface area (Å²) < 4.78 is 5.77. The van der Waals surface area contributed by atoms with E-state index in [0.29, 0.717) is 5.56 Å². The van der Waals surface area contributed by atoms with E-state index < -0.39 is 0 Å². The van der Waals surface area contributed by atoms with Crippen LogP contribution in [-0.4, -0.2) is 10.2 Å². The fourth-order valence-electron chi connectivity index (χ4n) is 2.51. The first-order valence-electron chi connectivity index (χ1n) is 6.72. The summed E-state index contributed by atoms with van der Waals surface area (Å²) in [5, 5.41) is 17.3. The van der Waals surface area contributed by atoms with Gasteiger partial charge in [-0.2, -0.15) is 10.4 Å². The first-order valence-corrected chi connectivity index (χ1v) is 6.72. The molecule has 0 saturated carbocycles.